The van der Waals surface area contributed by atoms with Crippen molar-refractivity contribution < 1.29 is 9.53 Å². The molecule has 27 heavy (non-hydrogen) atoms. The van der Waals surface area contributed by atoms with E-state index in [9.17, 15) is 4.79 Å². The Labute approximate surface area is 164 Å². The normalized spacial score (nSPS) is 14.4. The third kappa shape index (κ3) is 5.01. The van der Waals surface area contributed by atoms with Gasteiger partial charge in [0.15, 0.2) is 5.16 Å². The summed E-state index contributed by atoms with van der Waals surface area (Å²) in [7, 11) is 0. The summed E-state index contributed by atoms with van der Waals surface area (Å²) in [6.07, 6.45) is 0. The Hall–Kier alpha value is -2.06. The molecular formula is C19H27N5O2S. The lowest BCUT2D eigenvalue weighted by Crippen LogP contribution is -2.38. The molecule has 1 aliphatic heterocycles. The van der Waals surface area contributed by atoms with Crippen molar-refractivity contribution in [3.8, 4) is 0 Å². The quantitative estimate of drug-likeness (QED) is 0.645. The number of ether oxygens (including phenoxy) is 1. The number of aromatic nitrogens is 3. The second kappa shape index (κ2) is 9.75. The minimum atomic E-state index is 0.132. The van der Waals surface area contributed by atoms with Gasteiger partial charge >= 0.3 is 0 Å². The molecule has 0 atom stereocenters. The predicted octanol–water partition coefficient (Wildman–Crippen LogP) is 2.12. The highest BCUT2D eigenvalue weighted by molar-refractivity contribution is 7.99. The molecule has 1 fully saturated rings. The van der Waals surface area contributed by atoms with Gasteiger partial charge in [0.1, 0.15) is 0 Å². The summed E-state index contributed by atoms with van der Waals surface area (Å²) in [4.78, 5) is 16.4. The Bertz CT molecular complexity index is 727. The average molecular weight is 390 g/mol. The lowest BCUT2D eigenvalue weighted by molar-refractivity contribution is -0.127. The number of morpholine rings is 1. The number of nitrogens with zero attached hydrogens (tertiary/aromatic N) is 5. The van der Waals surface area contributed by atoms with Crippen LogP contribution in [0.2, 0.25) is 0 Å². The van der Waals surface area contributed by atoms with Crippen molar-refractivity contribution in [2.75, 3.05) is 50.0 Å². The molecule has 0 saturated carbocycles. The van der Waals surface area contributed by atoms with Gasteiger partial charge in [-0.15, -0.1) is 10.2 Å². The number of benzene rings is 1. The van der Waals surface area contributed by atoms with Gasteiger partial charge in [0.2, 0.25) is 11.9 Å². The minimum absolute atomic E-state index is 0.132. The van der Waals surface area contributed by atoms with Gasteiger partial charge in [-0.1, -0.05) is 42.1 Å². The molecule has 146 valence electrons. The highest BCUT2D eigenvalue weighted by Crippen LogP contribution is 2.24. The monoisotopic (exact) mass is 389 g/mol. The third-order valence-corrected chi connectivity index (χ3v) is 5.57. The standard InChI is InChI=1S/C19H27N5O2S/c1-3-22(4-2)17(25)15-27-19-21-20-18(23-10-12-26-13-11-23)24(19)14-16-8-6-5-7-9-16/h5-9H,3-4,10-15H2,1-2H3. The summed E-state index contributed by atoms with van der Waals surface area (Å²) < 4.78 is 7.57. The topological polar surface area (TPSA) is 63.5 Å². The number of carbonyl (C=O) groups is 1. The highest BCUT2D eigenvalue weighted by Gasteiger charge is 2.22. The van der Waals surface area contributed by atoms with Gasteiger partial charge in [0, 0.05) is 26.2 Å². The van der Waals surface area contributed by atoms with E-state index in [4.69, 9.17) is 4.74 Å². The summed E-state index contributed by atoms with van der Waals surface area (Å²) in [5.41, 5.74) is 1.18. The van der Waals surface area contributed by atoms with Crippen LogP contribution in [0.15, 0.2) is 35.5 Å². The molecule has 1 amide bonds. The van der Waals surface area contributed by atoms with Gasteiger partial charge in [-0.25, -0.2) is 0 Å². The van der Waals surface area contributed by atoms with E-state index in [-0.39, 0.29) is 5.91 Å². The number of anilines is 1. The van der Waals surface area contributed by atoms with Crippen molar-refractivity contribution in [3.05, 3.63) is 35.9 Å². The molecule has 7 nitrogen and oxygen atoms in total. The van der Waals surface area contributed by atoms with Crippen LogP contribution in [-0.2, 0) is 16.1 Å². The fourth-order valence-corrected chi connectivity index (χ4v) is 3.92. The Balaban J connectivity index is 1.79. The van der Waals surface area contributed by atoms with Crippen molar-refractivity contribution in [2.24, 2.45) is 0 Å². The first-order chi connectivity index (χ1) is 13.2. The fraction of sp³-hybridized carbons (Fsp3) is 0.526. The molecule has 1 aliphatic rings. The summed E-state index contributed by atoms with van der Waals surface area (Å²) >= 11 is 1.46. The van der Waals surface area contributed by atoms with Crippen LogP contribution in [0.1, 0.15) is 19.4 Å². The van der Waals surface area contributed by atoms with E-state index in [1.807, 2.05) is 36.9 Å². The number of rotatable bonds is 8. The Kier molecular flexibility index (Phi) is 7.11. The van der Waals surface area contributed by atoms with Crippen LogP contribution in [0.25, 0.3) is 0 Å². The zero-order valence-electron chi connectivity index (χ0n) is 16.0. The largest absolute Gasteiger partial charge is 0.378 e. The number of thioether (sulfide) groups is 1. The molecule has 0 aliphatic carbocycles. The van der Waals surface area contributed by atoms with Gasteiger partial charge in [0.25, 0.3) is 0 Å². The highest BCUT2D eigenvalue weighted by atomic mass is 32.2. The molecule has 0 spiro atoms. The van der Waals surface area contributed by atoms with Crippen LogP contribution in [0.5, 0.6) is 0 Å². The first-order valence-corrected chi connectivity index (χ1v) is 10.4. The SMILES string of the molecule is CCN(CC)C(=O)CSc1nnc(N2CCOCC2)n1Cc1ccccc1. The van der Waals surface area contributed by atoms with Crippen molar-refractivity contribution in [1.82, 2.24) is 19.7 Å². The first-order valence-electron chi connectivity index (χ1n) is 9.43. The third-order valence-electron chi connectivity index (χ3n) is 4.62. The van der Waals surface area contributed by atoms with Gasteiger partial charge < -0.3 is 14.5 Å². The summed E-state index contributed by atoms with van der Waals surface area (Å²) in [6, 6.07) is 10.3. The van der Waals surface area contributed by atoms with E-state index in [1.54, 1.807) is 0 Å². The molecule has 0 bridgehead atoms. The summed E-state index contributed by atoms with van der Waals surface area (Å²) in [5, 5.41) is 9.61. The smallest absolute Gasteiger partial charge is 0.233 e. The molecule has 2 aromatic rings. The van der Waals surface area contributed by atoms with E-state index < -0.39 is 0 Å². The van der Waals surface area contributed by atoms with Gasteiger partial charge in [0.05, 0.1) is 25.5 Å². The Morgan fingerprint density at radius 3 is 2.52 bits per heavy atom. The molecule has 1 aromatic heterocycles. The molecule has 1 saturated heterocycles. The molecular weight excluding hydrogens is 362 g/mol. The second-order valence-corrected chi connectivity index (χ2v) is 7.25. The van der Waals surface area contributed by atoms with E-state index in [2.05, 4.69) is 31.8 Å². The predicted molar refractivity (Wildman–Crippen MR) is 107 cm³/mol. The molecule has 1 aromatic carbocycles. The average Bonchev–Trinajstić information content (AvgIpc) is 3.11. The van der Waals surface area contributed by atoms with Crippen LogP contribution in [0, 0.1) is 0 Å². The number of hydrogen-bond donors (Lipinski definition) is 0. The van der Waals surface area contributed by atoms with Gasteiger partial charge in [-0.05, 0) is 19.4 Å². The second-order valence-electron chi connectivity index (χ2n) is 6.31. The van der Waals surface area contributed by atoms with Crippen molar-refractivity contribution in [3.63, 3.8) is 0 Å². The van der Waals surface area contributed by atoms with Crippen molar-refractivity contribution in [1.29, 1.82) is 0 Å². The zero-order valence-corrected chi connectivity index (χ0v) is 16.8. The molecule has 0 unspecified atom stereocenters. The van der Waals surface area contributed by atoms with Crippen LogP contribution in [0.4, 0.5) is 5.95 Å². The number of amides is 1. The molecule has 3 rings (SSSR count). The summed E-state index contributed by atoms with van der Waals surface area (Å²) in [6.45, 7) is 9.13. The van der Waals surface area contributed by atoms with E-state index >= 15 is 0 Å². The first kappa shape index (κ1) is 19.7. The minimum Gasteiger partial charge on any atom is -0.378 e. The summed E-state index contributed by atoms with van der Waals surface area (Å²) in [5.74, 6) is 1.35. The van der Waals surface area contributed by atoms with E-state index in [1.165, 1.54) is 17.3 Å². The Morgan fingerprint density at radius 1 is 1.15 bits per heavy atom. The number of carbonyl (C=O) groups excluding carboxylic acids is 1. The van der Waals surface area contributed by atoms with Crippen molar-refractivity contribution >= 4 is 23.6 Å². The van der Waals surface area contributed by atoms with Crippen LogP contribution < -0.4 is 4.90 Å². The Morgan fingerprint density at radius 2 is 1.85 bits per heavy atom. The molecule has 8 heteroatoms. The van der Waals surface area contributed by atoms with Gasteiger partial charge in [-0.2, -0.15) is 0 Å². The van der Waals surface area contributed by atoms with Crippen LogP contribution in [0.3, 0.4) is 0 Å². The van der Waals surface area contributed by atoms with Crippen molar-refractivity contribution in [2.45, 2.75) is 25.5 Å². The maximum absolute atomic E-state index is 12.4. The maximum Gasteiger partial charge on any atom is 0.233 e. The number of hydrogen-bond acceptors (Lipinski definition) is 6. The van der Waals surface area contributed by atoms with E-state index in [0.29, 0.717) is 25.5 Å². The van der Waals surface area contributed by atoms with Gasteiger partial charge in [-0.3, -0.25) is 9.36 Å². The lowest BCUT2D eigenvalue weighted by atomic mass is 10.2. The fourth-order valence-electron chi connectivity index (χ4n) is 3.08. The van der Waals surface area contributed by atoms with E-state index in [0.717, 1.165) is 37.3 Å². The zero-order chi connectivity index (χ0) is 19.1. The molecule has 0 radical (unpaired) electrons. The lowest BCUT2D eigenvalue weighted by Gasteiger charge is -2.28. The molecule has 2 heterocycles. The van der Waals surface area contributed by atoms with Crippen LogP contribution in [-0.4, -0.2) is 70.7 Å². The van der Waals surface area contributed by atoms with Crippen LogP contribution >= 0.6 is 11.8 Å². The molecule has 0 N–H and O–H groups in total. The maximum atomic E-state index is 12.4.